The van der Waals surface area contributed by atoms with Crippen LogP contribution in [0.1, 0.15) is 61.1 Å². The number of rotatable bonds is 11. The molecule has 0 bridgehead atoms. The highest BCUT2D eigenvalue weighted by molar-refractivity contribution is 6.21. The van der Waals surface area contributed by atoms with Gasteiger partial charge in [-0.3, -0.25) is 24.1 Å². The minimum absolute atomic E-state index is 0.0290. The van der Waals surface area contributed by atoms with E-state index in [9.17, 15) is 19.2 Å². The number of imide groups is 1. The lowest BCUT2D eigenvalue weighted by molar-refractivity contribution is -0.114. The predicted octanol–water partition coefficient (Wildman–Crippen LogP) is 4.34. The number of nitrogens with zero attached hydrogens (tertiary/aromatic N) is 3. The standard InChI is InChI=1S/C35H33N5O6/c1-21(8-9-22-6-4-3-5-7-22)46-30-15-25(12-13-29(30)45-2)39-20-24-11-10-23(14-26(24)33(39)42)19-40-34(43)27-16-31(38-32(41)17-36)37-18-28(27)35(40)44/h3-7,10-16,18,21H,8-9,17,19-20,36H2,1-2H3,(H,37,38,41). The van der Waals surface area contributed by atoms with Gasteiger partial charge in [0.15, 0.2) is 11.5 Å². The average Bonchev–Trinajstić information content (AvgIpc) is 3.52. The molecule has 1 unspecified atom stereocenters. The number of anilines is 2. The van der Waals surface area contributed by atoms with Crippen molar-refractivity contribution in [1.29, 1.82) is 0 Å². The van der Waals surface area contributed by atoms with Crippen LogP contribution in [-0.4, -0.2) is 53.3 Å². The van der Waals surface area contributed by atoms with Gasteiger partial charge in [-0.05, 0) is 60.7 Å². The first-order valence-electron chi connectivity index (χ1n) is 14.9. The zero-order valence-electron chi connectivity index (χ0n) is 25.5. The molecule has 0 aliphatic carbocycles. The second-order valence-corrected chi connectivity index (χ2v) is 11.2. The molecule has 11 nitrogen and oxygen atoms in total. The minimum atomic E-state index is -0.511. The number of aromatic nitrogens is 1. The number of methoxy groups -OCH3 is 1. The molecule has 11 heteroatoms. The van der Waals surface area contributed by atoms with Crippen LogP contribution in [0, 0.1) is 0 Å². The van der Waals surface area contributed by atoms with Crippen LogP contribution in [0.15, 0.2) is 79.0 Å². The number of benzene rings is 3. The fraction of sp³-hybridized carbons (Fsp3) is 0.229. The first-order valence-corrected chi connectivity index (χ1v) is 14.9. The topological polar surface area (TPSA) is 144 Å². The van der Waals surface area contributed by atoms with E-state index in [1.54, 1.807) is 30.2 Å². The number of carbonyl (C=O) groups excluding carboxylic acids is 4. The Morgan fingerprint density at radius 2 is 1.70 bits per heavy atom. The van der Waals surface area contributed by atoms with Crippen molar-refractivity contribution in [3.8, 4) is 11.5 Å². The molecule has 2 aliphatic heterocycles. The fourth-order valence-electron chi connectivity index (χ4n) is 5.64. The smallest absolute Gasteiger partial charge is 0.263 e. The lowest BCUT2D eigenvalue weighted by atomic mass is 10.1. The van der Waals surface area contributed by atoms with Gasteiger partial charge in [0.1, 0.15) is 5.82 Å². The molecule has 6 rings (SSSR count). The molecule has 3 N–H and O–H groups in total. The third kappa shape index (κ3) is 6.04. The van der Waals surface area contributed by atoms with Crippen LogP contribution >= 0.6 is 0 Å². The highest BCUT2D eigenvalue weighted by atomic mass is 16.5. The van der Waals surface area contributed by atoms with Gasteiger partial charge in [-0.15, -0.1) is 0 Å². The van der Waals surface area contributed by atoms with Gasteiger partial charge in [-0.1, -0.05) is 42.5 Å². The first kappa shape index (κ1) is 30.5. The van der Waals surface area contributed by atoms with Crippen molar-refractivity contribution in [3.63, 3.8) is 0 Å². The van der Waals surface area contributed by atoms with Crippen molar-refractivity contribution in [2.45, 2.75) is 39.0 Å². The van der Waals surface area contributed by atoms with E-state index in [0.29, 0.717) is 34.9 Å². The summed E-state index contributed by atoms with van der Waals surface area (Å²) in [4.78, 5) is 58.4. The first-order chi connectivity index (χ1) is 22.2. The maximum absolute atomic E-state index is 13.6. The SMILES string of the molecule is COc1ccc(N2Cc3ccc(CN4C(=O)c5cnc(NC(=O)CN)cc5C4=O)cc3C2=O)cc1OC(C)CCc1ccccc1. The van der Waals surface area contributed by atoms with Crippen LogP contribution in [0.5, 0.6) is 11.5 Å². The quantitative estimate of drug-likeness (QED) is 0.236. The second-order valence-electron chi connectivity index (χ2n) is 11.2. The molecule has 3 aromatic carbocycles. The van der Waals surface area contributed by atoms with Gasteiger partial charge in [0.25, 0.3) is 17.7 Å². The Morgan fingerprint density at radius 3 is 2.46 bits per heavy atom. The molecular weight excluding hydrogens is 586 g/mol. The monoisotopic (exact) mass is 619 g/mol. The van der Waals surface area contributed by atoms with Crippen molar-refractivity contribution in [2.75, 3.05) is 23.9 Å². The van der Waals surface area contributed by atoms with Crippen LogP contribution in [0.2, 0.25) is 0 Å². The van der Waals surface area contributed by atoms with Gasteiger partial charge in [0.05, 0.1) is 44.0 Å². The molecule has 0 radical (unpaired) electrons. The Bertz CT molecular complexity index is 1840. The number of amides is 4. The number of nitrogens with one attached hydrogen (secondary N) is 1. The summed E-state index contributed by atoms with van der Waals surface area (Å²) >= 11 is 0. The highest BCUT2D eigenvalue weighted by Gasteiger charge is 2.37. The van der Waals surface area contributed by atoms with Crippen molar-refractivity contribution in [1.82, 2.24) is 9.88 Å². The molecule has 0 fully saturated rings. The summed E-state index contributed by atoms with van der Waals surface area (Å²) in [6.07, 6.45) is 2.86. The molecule has 3 heterocycles. The lowest BCUT2D eigenvalue weighted by Gasteiger charge is -2.21. The van der Waals surface area contributed by atoms with E-state index in [1.165, 1.54) is 17.8 Å². The number of carbonyl (C=O) groups is 4. The zero-order chi connectivity index (χ0) is 32.4. The molecule has 234 valence electrons. The summed E-state index contributed by atoms with van der Waals surface area (Å²) < 4.78 is 11.8. The van der Waals surface area contributed by atoms with E-state index in [0.717, 1.165) is 23.3 Å². The molecule has 4 aromatic rings. The Kier molecular flexibility index (Phi) is 8.49. The largest absolute Gasteiger partial charge is 0.493 e. The van der Waals surface area contributed by atoms with E-state index in [1.807, 2.05) is 43.3 Å². The number of hydrogen-bond acceptors (Lipinski definition) is 8. The molecule has 4 amide bonds. The summed E-state index contributed by atoms with van der Waals surface area (Å²) in [5.41, 5.74) is 9.47. The summed E-state index contributed by atoms with van der Waals surface area (Å²) in [5, 5.41) is 2.49. The molecule has 0 saturated carbocycles. The Balaban J connectivity index is 1.15. The van der Waals surface area contributed by atoms with Crippen molar-refractivity contribution in [2.24, 2.45) is 5.73 Å². The number of ether oxygens (including phenoxy) is 2. The third-order valence-electron chi connectivity index (χ3n) is 8.10. The summed E-state index contributed by atoms with van der Waals surface area (Å²) in [6.45, 7) is 2.10. The maximum Gasteiger partial charge on any atom is 0.263 e. The Hall–Kier alpha value is -5.55. The summed E-state index contributed by atoms with van der Waals surface area (Å²) in [7, 11) is 1.58. The van der Waals surface area contributed by atoms with Gasteiger partial charge in [-0.25, -0.2) is 4.98 Å². The molecule has 1 aromatic heterocycles. The van der Waals surface area contributed by atoms with Gasteiger partial charge < -0.3 is 25.4 Å². The number of nitrogens with two attached hydrogens (primary N) is 1. The fourth-order valence-corrected chi connectivity index (χ4v) is 5.64. The minimum Gasteiger partial charge on any atom is -0.493 e. The molecule has 0 spiro atoms. The summed E-state index contributed by atoms with van der Waals surface area (Å²) in [6, 6.07) is 22.4. The van der Waals surface area contributed by atoms with Crippen molar-refractivity contribution in [3.05, 3.63) is 112 Å². The number of aryl methyl sites for hydroxylation is 1. The van der Waals surface area contributed by atoms with Crippen molar-refractivity contribution < 1.29 is 28.7 Å². The van der Waals surface area contributed by atoms with E-state index in [-0.39, 0.29) is 42.0 Å². The number of pyridine rings is 1. The van der Waals surface area contributed by atoms with Crippen LogP contribution in [0.4, 0.5) is 11.5 Å². The molecule has 2 aliphatic rings. The second kappa shape index (κ2) is 12.8. The van der Waals surface area contributed by atoms with Gasteiger partial charge in [-0.2, -0.15) is 0 Å². The summed E-state index contributed by atoms with van der Waals surface area (Å²) in [5.74, 6) is -0.414. The van der Waals surface area contributed by atoms with Crippen LogP contribution in [0.3, 0.4) is 0 Å². The van der Waals surface area contributed by atoms with E-state index >= 15 is 0 Å². The van der Waals surface area contributed by atoms with E-state index < -0.39 is 17.7 Å². The maximum atomic E-state index is 13.6. The molecule has 1 atom stereocenters. The van der Waals surface area contributed by atoms with Crippen LogP contribution < -0.4 is 25.4 Å². The van der Waals surface area contributed by atoms with Crippen LogP contribution in [-0.2, 0) is 24.3 Å². The number of fused-ring (bicyclic) bond motifs is 2. The average molecular weight is 620 g/mol. The zero-order valence-corrected chi connectivity index (χ0v) is 25.5. The molecule has 46 heavy (non-hydrogen) atoms. The van der Waals surface area contributed by atoms with Gasteiger partial charge >= 0.3 is 0 Å². The third-order valence-corrected chi connectivity index (χ3v) is 8.10. The Labute approximate surface area is 265 Å². The van der Waals surface area contributed by atoms with Crippen LogP contribution in [0.25, 0.3) is 0 Å². The van der Waals surface area contributed by atoms with E-state index in [4.69, 9.17) is 15.2 Å². The highest BCUT2D eigenvalue weighted by Crippen LogP contribution is 2.37. The van der Waals surface area contributed by atoms with Gasteiger partial charge in [0, 0.05) is 23.5 Å². The predicted molar refractivity (Wildman–Crippen MR) is 171 cm³/mol. The van der Waals surface area contributed by atoms with Gasteiger partial charge in [0.2, 0.25) is 5.91 Å². The normalized spacial score (nSPS) is 14.3. The molecule has 0 saturated heterocycles. The van der Waals surface area contributed by atoms with E-state index in [2.05, 4.69) is 22.4 Å². The van der Waals surface area contributed by atoms with Crippen molar-refractivity contribution >= 4 is 35.1 Å². The lowest BCUT2D eigenvalue weighted by Crippen LogP contribution is -2.29. The Morgan fingerprint density at radius 1 is 0.913 bits per heavy atom. The molecular formula is C35H33N5O6. The number of hydrogen-bond donors (Lipinski definition) is 2.